The van der Waals surface area contributed by atoms with Gasteiger partial charge in [-0.2, -0.15) is 0 Å². The van der Waals surface area contributed by atoms with Crippen molar-refractivity contribution in [2.45, 2.75) is 57.8 Å². The molecular weight excluding hydrogens is 346 g/mol. The zero-order valence-corrected chi connectivity index (χ0v) is 15.8. The van der Waals surface area contributed by atoms with E-state index >= 15 is 0 Å². The van der Waals surface area contributed by atoms with Gasteiger partial charge in [0.15, 0.2) is 0 Å². The van der Waals surface area contributed by atoms with Gasteiger partial charge in [0.2, 0.25) is 17.7 Å². The van der Waals surface area contributed by atoms with Gasteiger partial charge in [-0.25, -0.2) is 0 Å². The molecule has 3 N–H and O–H groups in total. The molecule has 2 bridgehead atoms. The standard InChI is InChI=1S/C17H27N3O4.ClH/c1-9(2)6-17(3,8-18)19-12(21)7-20-15(22)13-10-4-5-11(24-10)14(13)16(20)23;/h9-11,13-14H,4-8,18H2,1-3H3,(H,19,21);1H. The topological polar surface area (TPSA) is 102 Å². The largest absolute Gasteiger partial charge is 0.373 e. The molecule has 0 spiro atoms. The molecule has 3 amide bonds. The maximum atomic E-state index is 12.6. The van der Waals surface area contributed by atoms with Crippen LogP contribution in [-0.4, -0.2) is 53.5 Å². The average molecular weight is 374 g/mol. The Kier molecular flexibility index (Phi) is 5.81. The fourth-order valence-corrected chi connectivity index (χ4v) is 4.54. The highest BCUT2D eigenvalue weighted by atomic mass is 35.5. The number of nitrogens with one attached hydrogen (secondary N) is 1. The van der Waals surface area contributed by atoms with Crippen LogP contribution in [0.25, 0.3) is 0 Å². The first-order valence-corrected chi connectivity index (χ1v) is 8.77. The molecule has 3 rings (SSSR count). The average Bonchev–Trinajstić information content (AvgIpc) is 3.16. The quantitative estimate of drug-likeness (QED) is 0.658. The Hall–Kier alpha value is -1.18. The van der Waals surface area contributed by atoms with E-state index in [2.05, 4.69) is 19.2 Å². The highest BCUT2D eigenvalue weighted by Gasteiger charge is 2.62. The Labute approximate surface area is 154 Å². The molecule has 0 aliphatic carbocycles. The third-order valence-electron chi connectivity index (χ3n) is 5.43. The van der Waals surface area contributed by atoms with Crippen LogP contribution >= 0.6 is 12.4 Å². The van der Waals surface area contributed by atoms with E-state index in [9.17, 15) is 14.4 Å². The summed E-state index contributed by atoms with van der Waals surface area (Å²) in [4.78, 5) is 38.6. The molecule has 3 aliphatic heterocycles. The second kappa shape index (κ2) is 7.21. The highest BCUT2D eigenvalue weighted by Crippen LogP contribution is 2.48. The molecule has 3 fully saturated rings. The number of amides is 3. The van der Waals surface area contributed by atoms with Crippen molar-refractivity contribution in [1.29, 1.82) is 0 Å². The zero-order valence-electron chi connectivity index (χ0n) is 15.0. The number of likely N-dealkylation sites (tertiary alicyclic amines) is 1. The Morgan fingerprint density at radius 2 is 1.80 bits per heavy atom. The van der Waals surface area contributed by atoms with E-state index in [0.717, 1.165) is 24.2 Å². The molecule has 0 radical (unpaired) electrons. The second-order valence-electron chi connectivity index (χ2n) is 8.02. The number of hydrogen-bond acceptors (Lipinski definition) is 5. The van der Waals surface area contributed by atoms with Crippen LogP contribution in [0.4, 0.5) is 0 Å². The predicted octanol–water partition coefficient (Wildman–Crippen LogP) is 0.450. The lowest BCUT2D eigenvalue weighted by molar-refractivity contribution is -0.146. The molecule has 5 atom stereocenters. The van der Waals surface area contributed by atoms with Gasteiger partial charge in [-0.15, -0.1) is 12.4 Å². The summed E-state index contributed by atoms with van der Waals surface area (Å²) in [6, 6.07) is 0. The van der Waals surface area contributed by atoms with Crippen LogP contribution < -0.4 is 11.1 Å². The minimum Gasteiger partial charge on any atom is -0.373 e. The van der Waals surface area contributed by atoms with Gasteiger partial charge in [-0.3, -0.25) is 19.3 Å². The van der Waals surface area contributed by atoms with E-state index in [-0.39, 0.29) is 60.7 Å². The number of ether oxygens (including phenoxy) is 1. The summed E-state index contributed by atoms with van der Waals surface area (Å²) in [6.07, 6.45) is 2.08. The van der Waals surface area contributed by atoms with Crippen molar-refractivity contribution in [2.75, 3.05) is 13.1 Å². The van der Waals surface area contributed by atoms with Gasteiger partial charge < -0.3 is 15.8 Å². The van der Waals surface area contributed by atoms with Crippen LogP contribution in [0, 0.1) is 17.8 Å². The van der Waals surface area contributed by atoms with Crippen LogP contribution in [0.1, 0.15) is 40.0 Å². The number of hydrogen-bond donors (Lipinski definition) is 2. The molecule has 0 aromatic rings. The summed E-state index contributed by atoms with van der Waals surface area (Å²) in [5.74, 6) is -1.25. The van der Waals surface area contributed by atoms with Crippen LogP contribution in [0.5, 0.6) is 0 Å². The third kappa shape index (κ3) is 3.55. The molecule has 8 heteroatoms. The number of nitrogens with two attached hydrogens (primary N) is 1. The van der Waals surface area contributed by atoms with Crippen molar-refractivity contribution >= 4 is 30.1 Å². The first-order valence-electron chi connectivity index (χ1n) is 8.77. The number of carbonyl (C=O) groups excluding carboxylic acids is 3. The normalized spacial score (nSPS) is 32.6. The first-order chi connectivity index (χ1) is 11.3. The van der Waals surface area contributed by atoms with E-state index in [1.165, 1.54) is 0 Å². The van der Waals surface area contributed by atoms with Crippen molar-refractivity contribution in [3.05, 3.63) is 0 Å². The molecule has 3 heterocycles. The minimum atomic E-state index is -0.533. The first kappa shape index (κ1) is 20.1. The lowest BCUT2D eigenvalue weighted by Crippen LogP contribution is -2.55. The molecule has 0 aromatic carbocycles. The molecule has 5 unspecified atom stereocenters. The molecule has 142 valence electrons. The van der Waals surface area contributed by atoms with E-state index < -0.39 is 5.54 Å². The maximum Gasteiger partial charge on any atom is 0.240 e. The van der Waals surface area contributed by atoms with Crippen LogP contribution in [0.2, 0.25) is 0 Å². The van der Waals surface area contributed by atoms with Crippen molar-refractivity contribution in [1.82, 2.24) is 10.2 Å². The van der Waals surface area contributed by atoms with Crippen molar-refractivity contribution < 1.29 is 19.1 Å². The van der Waals surface area contributed by atoms with E-state index in [4.69, 9.17) is 10.5 Å². The minimum absolute atomic E-state index is 0. The van der Waals surface area contributed by atoms with Crippen LogP contribution in [-0.2, 0) is 19.1 Å². The molecule has 7 nitrogen and oxygen atoms in total. The van der Waals surface area contributed by atoms with Gasteiger partial charge >= 0.3 is 0 Å². The van der Waals surface area contributed by atoms with E-state index in [0.29, 0.717) is 12.5 Å². The Bertz CT molecular complexity index is 542. The summed E-state index contributed by atoms with van der Waals surface area (Å²) >= 11 is 0. The van der Waals surface area contributed by atoms with Crippen molar-refractivity contribution in [2.24, 2.45) is 23.5 Å². The smallest absolute Gasteiger partial charge is 0.240 e. The number of carbonyl (C=O) groups is 3. The van der Waals surface area contributed by atoms with E-state index in [1.807, 2.05) is 6.92 Å². The molecule has 0 aromatic heterocycles. The lowest BCUT2D eigenvalue weighted by Gasteiger charge is -2.32. The number of imide groups is 1. The summed E-state index contributed by atoms with van der Waals surface area (Å²) in [5, 5.41) is 2.90. The van der Waals surface area contributed by atoms with Gasteiger partial charge in [0.1, 0.15) is 6.54 Å². The molecule has 0 saturated carbocycles. The van der Waals surface area contributed by atoms with Gasteiger partial charge in [0.05, 0.1) is 24.0 Å². The maximum absolute atomic E-state index is 12.6. The second-order valence-corrected chi connectivity index (χ2v) is 8.02. The zero-order chi connectivity index (χ0) is 17.6. The Balaban J connectivity index is 0.00000225. The molecule has 25 heavy (non-hydrogen) atoms. The number of nitrogens with zero attached hydrogens (tertiary/aromatic N) is 1. The highest BCUT2D eigenvalue weighted by molar-refractivity contribution is 6.08. The van der Waals surface area contributed by atoms with Gasteiger partial charge in [0, 0.05) is 12.1 Å². The fourth-order valence-electron chi connectivity index (χ4n) is 4.54. The number of fused-ring (bicyclic) bond motifs is 5. The Morgan fingerprint density at radius 3 is 2.24 bits per heavy atom. The lowest BCUT2D eigenvalue weighted by atomic mass is 9.81. The van der Waals surface area contributed by atoms with Crippen molar-refractivity contribution in [3.8, 4) is 0 Å². The van der Waals surface area contributed by atoms with E-state index in [1.54, 1.807) is 0 Å². The SMILES string of the molecule is CC(C)CC(C)(CN)NC(=O)CN1C(=O)C2C3CCC(O3)C2C1=O.Cl. The van der Waals surface area contributed by atoms with Gasteiger partial charge in [-0.1, -0.05) is 13.8 Å². The summed E-state index contributed by atoms with van der Waals surface area (Å²) in [6.45, 7) is 6.09. The molecule has 3 saturated heterocycles. The monoisotopic (exact) mass is 373 g/mol. The number of rotatable bonds is 6. The predicted molar refractivity (Wildman–Crippen MR) is 93.9 cm³/mol. The van der Waals surface area contributed by atoms with Gasteiger partial charge in [-0.05, 0) is 32.1 Å². The Morgan fingerprint density at radius 1 is 1.28 bits per heavy atom. The third-order valence-corrected chi connectivity index (χ3v) is 5.43. The molecular formula is C17H28ClN3O4. The number of halogens is 1. The summed E-state index contributed by atoms with van der Waals surface area (Å²) < 4.78 is 5.69. The summed E-state index contributed by atoms with van der Waals surface area (Å²) in [5.41, 5.74) is 5.27. The van der Waals surface area contributed by atoms with Gasteiger partial charge in [0.25, 0.3) is 0 Å². The van der Waals surface area contributed by atoms with Crippen molar-refractivity contribution in [3.63, 3.8) is 0 Å². The fraction of sp³-hybridized carbons (Fsp3) is 0.824. The van der Waals surface area contributed by atoms with Crippen LogP contribution in [0.3, 0.4) is 0 Å². The summed E-state index contributed by atoms with van der Waals surface area (Å²) in [7, 11) is 0. The molecule has 3 aliphatic rings. The van der Waals surface area contributed by atoms with Crippen LogP contribution in [0.15, 0.2) is 0 Å².